The maximum absolute atomic E-state index is 6.00. The first kappa shape index (κ1) is 12.4. The molecule has 0 amide bonds. The molecule has 1 aromatic carbocycles. The maximum Gasteiger partial charge on any atom is 0.124 e. The molecule has 17 heavy (non-hydrogen) atoms. The highest BCUT2D eigenvalue weighted by Gasteiger charge is 2.17. The summed E-state index contributed by atoms with van der Waals surface area (Å²) in [6.07, 6.45) is 2.31. The SMILES string of the molecule is Cc1ccc(OC2CCCOC2)c([C@H](C)N)c1. The Balaban J connectivity index is 2.13. The Morgan fingerprint density at radius 3 is 2.94 bits per heavy atom. The van der Waals surface area contributed by atoms with Crippen LogP contribution in [0.3, 0.4) is 0 Å². The number of ether oxygens (including phenoxy) is 2. The van der Waals surface area contributed by atoms with Gasteiger partial charge in [-0.25, -0.2) is 0 Å². The van der Waals surface area contributed by atoms with Gasteiger partial charge in [-0.3, -0.25) is 0 Å². The van der Waals surface area contributed by atoms with Gasteiger partial charge in [-0.15, -0.1) is 0 Å². The van der Waals surface area contributed by atoms with Crippen molar-refractivity contribution in [3.8, 4) is 5.75 Å². The van der Waals surface area contributed by atoms with Crippen molar-refractivity contribution in [1.82, 2.24) is 0 Å². The van der Waals surface area contributed by atoms with Gasteiger partial charge >= 0.3 is 0 Å². The molecular formula is C14H21NO2. The van der Waals surface area contributed by atoms with E-state index in [4.69, 9.17) is 15.2 Å². The van der Waals surface area contributed by atoms with Gasteiger partial charge < -0.3 is 15.2 Å². The molecule has 0 aliphatic carbocycles. The van der Waals surface area contributed by atoms with Gasteiger partial charge in [-0.2, -0.15) is 0 Å². The van der Waals surface area contributed by atoms with Crippen molar-refractivity contribution in [2.24, 2.45) is 5.73 Å². The minimum Gasteiger partial charge on any atom is -0.488 e. The van der Waals surface area contributed by atoms with E-state index in [1.54, 1.807) is 0 Å². The molecule has 1 fully saturated rings. The topological polar surface area (TPSA) is 44.5 Å². The molecule has 1 unspecified atom stereocenters. The van der Waals surface area contributed by atoms with E-state index < -0.39 is 0 Å². The standard InChI is InChI=1S/C14H21NO2/c1-10-5-6-14(13(8-10)11(2)15)17-12-4-3-7-16-9-12/h5-6,8,11-12H,3-4,7,9,15H2,1-2H3/t11-,12?/m0/s1. The monoisotopic (exact) mass is 235 g/mol. The fraction of sp³-hybridized carbons (Fsp3) is 0.571. The number of rotatable bonds is 3. The number of hydrogen-bond acceptors (Lipinski definition) is 3. The molecule has 1 heterocycles. The van der Waals surface area contributed by atoms with Crippen LogP contribution < -0.4 is 10.5 Å². The maximum atomic E-state index is 6.00. The van der Waals surface area contributed by atoms with Crippen molar-refractivity contribution in [2.45, 2.75) is 38.8 Å². The zero-order valence-corrected chi connectivity index (χ0v) is 10.6. The summed E-state index contributed by atoms with van der Waals surface area (Å²) in [4.78, 5) is 0. The second-order valence-electron chi connectivity index (χ2n) is 4.79. The largest absolute Gasteiger partial charge is 0.488 e. The van der Waals surface area contributed by atoms with Crippen LogP contribution >= 0.6 is 0 Å². The summed E-state index contributed by atoms with van der Waals surface area (Å²) in [6.45, 7) is 5.60. The lowest BCUT2D eigenvalue weighted by Gasteiger charge is -2.25. The van der Waals surface area contributed by atoms with Crippen molar-refractivity contribution in [1.29, 1.82) is 0 Å². The molecule has 1 saturated heterocycles. The molecule has 0 saturated carbocycles. The van der Waals surface area contributed by atoms with Crippen LogP contribution in [-0.2, 0) is 4.74 Å². The first-order chi connectivity index (χ1) is 8.16. The lowest BCUT2D eigenvalue weighted by molar-refractivity contribution is 0.00693. The van der Waals surface area contributed by atoms with Gasteiger partial charge in [0.15, 0.2) is 0 Å². The molecule has 1 aliphatic heterocycles. The Bertz CT molecular complexity index is 370. The van der Waals surface area contributed by atoms with E-state index >= 15 is 0 Å². The van der Waals surface area contributed by atoms with Crippen LogP contribution in [0.2, 0.25) is 0 Å². The van der Waals surface area contributed by atoms with Gasteiger partial charge in [-0.05, 0) is 32.8 Å². The fourth-order valence-corrected chi connectivity index (χ4v) is 2.11. The summed E-state index contributed by atoms with van der Waals surface area (Å²) < 4.78 is 11.4. The minimum atomic E-state index is -0.00518. The third-order valence-corrected chi connectivity index (χ3v) is 3.07. The Labute approximate surface area is 103 Å². The van der Waals surface area contributed by atoms with Crippen LogP contribution in [0, 0.1) is 6.92 Å². The van der Waals surface area contributed by atoms with Crippen molar-refractivity contribution >= 4 is 0 Å². The van der Waals surface area contributed by atoms with Gasteiger partial charge in [0.05, 0.1) is 6.61 Å². The minimum absolute atomic E-state index is 0.00518. The molecule has 94 valence electrons. The van der Waals surface area contributed by atoms with E-state index in [0.717, 1.165) is 30.8 Å². The number of benzene rings is 1. The highest BCUT2D eigenvalue weighted by atomic mass is 16.5. The first-order valence-electron chi connectivity index (χ1n) is 6.27. The van der Waals surface area contributed by atoms with Crippen molar-refractivity contribution in [3.05, 3.63) is 29.3 Å². The van der Waals surface area contributed by atoms with Crippen LogP contribution in [0.25, 0.3) is 0 Å². The summed E-state index contributed by atoms with van der Waals surface area (Å²) in [5, 5.41) is 0. The summed E-state index contributed by atoms with van der Waals surface area (Å²) in [6, 6.07) is 6.17. The van der Waals surface area contributed by atoms with Gasteiger partial charge in [0.1, 0.15) is 11.9 Å². The van der Waals surface area contributed by atoms with Crippen LogP contribution in [-0.4, -0.2) is 19.3 Å². The average Bonchev–Trinajstić information content (AvgIpc) is 2.32. The van der Waals surface area contributed by atoms with Gasteiger partial charge in [0, 0.05) is 18.2 Å². The molecule has 1 aliphatic rings. The third kappa shape index (κ3) is 3.20. The Kier molecular flexibility index (Phi) is 4.02. The summed E-state index contributed by atoms with van der Waals surface area (Å²) in [5.41, 5.74) is 8.27. The van der Waals surface area contributed by atoms with E-state index in [0.29, 0.717) is 6.61 Å². The highest BCUT2D eigenvalue weighted by molar-refractivity contribution is 5.38. The van der Waals surface area contributed by atoms with Gasteiger partial charge in [0.2, 0.25) is 0 Å². The molecule has 0 spiro atoms. The molecule has 2 N–H and O–H groups in total. The summed E-state index contributed by atoms with van der Waals surface area (Å²) >= 11 is 0. The van der Waals surface area contributed by atoms with Crippen LogP contribution in [0.5, 0.6) is 5.75 Å². The second-order valence-corrected chi connectivity index (χ2v) is 4.79. The Morgan fingerprint density at radius 1 is 1.47 bits per heavy atom. The Morgan fingerprint density at radius 2 is 2.29 bits per heavy atom. The smallest absolute Gasteiger partial charge is 0.124 e. The first-order valence-corrected chi connectivity index (χ1v) is 6.27. The van der Waals surface area contributed by atoms with Crippen molar-refractivity contribution in [3.63, 3.8) is 0 Å². The summed E-state index contributed by atoms with van der Waals surface area (Å²) in [5.74, 6) is 0.904. The highest BCUT2D eigenvalue weighted by Crippen LogP contribution is 2.27. The number of aryl methyl sites for hydroxylation is 1. The van der Waals surface area contributed by atoms with Crippen LogP contribution in [0.1, 0.15) is 36.9 Å². The zero-order valence-electron chi connectivity index (χ0n) is 10.6. The fourth-order valence-electron chi connectivity index (χ4n) is 2.11. The normalized spacial score (nSPS) is 22.2. The van der Waals surface area contributed by atoms with E-state index in [-0.39, 0.29) is 12.1 Å². The van der Waals surface area contributed by atoms with Crippen LogP contribution in [0.4, 0.5) is 0 Å². The molecule has 0 bridgehead atoms. The number of hydrogen-bond donors (Lipinski definition) is 1. The van der Waals surface area contributed by atoms with Crippen molar-refractivity contribution < 1.29 is 9.47 Å². The molecule has 3 heteroatoms. The molecule has 0 radical (unpaired) electrons. The molecule has 0 aromatic heterocycles. The molecule has 2 rings (SSSR count). The predicted molar refractivity (Wildman–Crippen MR) is 68.3 cm³/mol. The van der Waals surface area contributed by atoms with Crippen molar-refractivity contribution in [2.75, 3.05) is 13.2 Å². The zero-order chi connectivity index (χ0) is 12.3. The number of nitrogens with two attached hydrogens (primary N) is 1. The lowest BCUT2D eigenvalue weighted by atomic mass is 10.0. The summed E-state index contributed by atoms with van der Waals surface area (Å²) in [7, 11) is 0. The van der Waals surface area contributed by atoms with E-state index in [9.17, 15) is 0 Å². The molecule has 2 atom stereocenters. The molecular weight excluding hydrogens is 214 g/mol. The van der Waals surface area contributed by atoms with E-state index in [1.165, 1.54) is 5.56 Å². The lowest BCUT2D eigenvalue weighted by Crippen LogP contribution is -2.28. The Hall–Kier alpha value is -1.06. The second kappa shape index (κ2) is 5.52. The van der Waals surface area contributed by atoms with Gasteiger partial charge in [-0.1, -0.05) is 17.7 Å². The predicted octanol–water partition coefficient (Wildman–Crippen LogP) is 2.57. The third-order valence-electron chi connectivity index (χ3n) is 3.07. The quantitative estimate of drug-likeness (QED) is 0.875. The molecule has 1 aromatic rings. The molecule has 3 nitrogen and oxygen atoms in total. The van der Waals surface area contributed by atoms with E-state index in [1.807, 2.05) is 13.0 Å². The average molecular weight is 235 g/mol. The van der Waals surface area contributed by atoms with Gasteiger partial charge in [0.25, 0.3) is 0 Å². The van der Waals surface area contributed by atoms with E-state index in [2.05, 4.69) is 19.1 Å². The van der Waals surface area contributed by atoms with Crippen LogP contribution in [0.15, 0.2) is 18.2 Å².